The molecule has 2 aromatic carbocycles. The van der Waals surface area contributed by atoms with Gasteiger partial charge < -0.3 is 15.4 Å². The number of rotatable bonds is 9. The first-order valence-corrected chi connectivity index (χ1v) is 12.1. The van der Waals surface area contributed by atoms with E-state index in [0.29, 0.717) is 30.5 Å². The summed E-state index contributed by atoms with van der Waals surface area (Å²) in [6.45, 7) is 2.77. The number of aromatic nitrogens is 3. The van der Waals surface area contributed by atoms with Gasteiger partial charge in [-0.15, -0.1) is 0 Å². The Balaban J connectivity index is 1.80. The highest BCUT2D eigenvalue weighted by Crippen LogP contribution is 2.30. The Bertz CT molecular complexity index is 1280. The molecule has 4 aromatic rings. The Kier molecular flexibility index (Phi) is 6.74. The fourth-order valence-electron chi connectivity index (χ4n) is 4.06. The van der Waals surface area contributed by atoms with Gasteiger partial charge in [0.1, 0.15) is 22.9 Å². The Morgan fingerprint density at radius 1 is 1.16 bits per heavy atom. The molecule has 7 heteroatoms. The Hall–Kier alpha value is -2.93. The molecule has 6 nitrogen and oxygen atoms in total. The number of nitrogens with two attached hydrogens (primary N) is 1. The zero-order valence-corrected chi connectivity index (χ0v) is 19.7. The first kappa shape index (κ1) is 22.3. The van der Waals surface area contributed by atoms with Crippen LogP contribution in [0.1, 0.15) is 43.1 Å². The van der Waals surface area contributed by atoms with Crippen LogP contribution in [0.2, 0.25) is 0 Å². The van der Waals surface area contributed by atoms with Crippen molar-refractivity contribution in [2.45, 2.75) is 45.6 Å². The zero-order valence-electron chi connectivity index (χ0n) is 18.1. The summed E-state index contributed by atoms with van der Waals surface area (Å²) in [5.41, 5.74) is 10.7. The van der Waals surface area contributed by atoms with Gasteiger partial charge in [-0.2, -0.15) is 0 Å². The standard InChI is InChI=1S/C25H27BrN4O2/c1-2-3-8-22-29-23-24(19-6-4-5-7-20(19)28-25(23)27)30(22)15-16-9-12-21(32)17(13-16)10-11-18(31)14-26/h4-7,9,12-13,32H,2-3,8,10-11,14-15H2,1H3,(H2,27,28). The summed E-state index contributed by atoms with van der Waals surface area (Å²) in [5, 5.41) is 11.7. The molecule has 0 radical (unpaired) electrons. The number of nitrogens with zero attached hydrogens (tertiary/aromatic N) is 3. The van der Waals surface area contributed by atoms with Crippen molar-refractivity contribution in [1.82, 2.24) is 14.5 Å². The van der Waals surface area contributed by atoms with Crippen LogP contribution in [-0.2, 0) is 24.2 Å². The van der Waals surface area contributed by atoms with E-state index in [2.05, 4.69) is 38.5 Å². The van der Waals surface area contributed by atoms with Crippen molar-refractivity contribution in [3.8, 4) is 5.75 Å². The lowest BCUT2D eigenvalue weighted by atomic mass is 10.0. The zero-order chi connectivity index (χ0) is 22.7. The molecule has 0 aliphatic rings. The third kappa shape index (κ3) is 4.48. The van der Waals surface area contributed by atoms with Gasteiger partial charge >= 0.3 is 0 Å². The minimum Gasteiger partial charge on any atom is -0.508 e. The number of phenolic OH excluding ortho intramolecular Hbond substituents is 1. The number of imidazole rings is 1. The minimum atomic E-state index is 0.117. The van der Waals surface area contributed by atoms with Gasteiger partial charge in [0.15, 0.2) is 5.82 Å². The third-order valence-electron chi connectivity index (χ3n) is 5.75. The SMILES string of the molecule is CCCCc1nc2c(N)nc3ccccc3c2n1Cc1ccc(O)c(CCC(=O)CBr)c1. The number of hydrogen-bond acceptors (Lipinski definition) is 5. The number of phenols is 1. The normalized spacial score (nSPS) is 11.4. The predicted octanol–water partition coefficient (Wildman–Crippen LogP) is 5.16. The smallest absolute Gasteiger partial charge is 0.152 e. The minimum absolute atomic E-state index is 0.117. The number of nitrogen functional groups attached to an aromatic ring is 1. The van der Waals surface area contributed by atoms with E-state index >= 15 is 0 Å². The monoisotopic (exact) mass is 494 g/mol. The third-order valence-corrected chi connectivity index (χ3v) is 6.38. The van der Waals surface area contributed by atoms with Gasteiger partial charge in [-0.25, -0.2) is 9.97 Å². The molecule has 4 rings (SSSR count). The molecule has 0 aliphatic carbocycles. The Labute approximate surface area is 195 Å². The van der Waals surface area contributed by atoms with Crippen molar-refractivity contribution in [2.75, 3.05) is 11.1 Å². The molecule has 2 heterocycles. The maximum atomic E-state index is 11.7. The highest BCUT2D eigenvalue weighted by molar-refractivity contribution is 9.09. The van der Waals surface area contributed by atoms with Gasteiger partial charge in [0, 0.05) is 24.8 Å². The summed E-state index contributed by atoms with van der Waals surface area (Å²) in [5.74, 6) is 1.76. The second-order valence-corrected chi connectivity index (χ2v) is 8.63. The number of pyridine rings is 1. The van der Waals surface area contributed by atoms with Crippen molar-refractivity contribution in [3.63, 3.8) is 0 Å². The molecule has 0 bridgehead atoms. The second kappa shape index (κ2) is 9.69. The van der Waals surface area contributed by atoms with E-state index in [1.165, 1.54) is 0 Å². The summed E-state index contributed by atoms with van der Waals surface area (Å²) >= 11 is 3.20. The number of anilines is 1. The number of aromatic hydroxyl groups is 1. The molecule has 166 valence electrons. The van der Waals surface area contributed by atoms with E-state index in [4.69, 9.17) is 10.7 Å². The number of alkyl halides is 1. The number of hydrogen-bond donors (Lipinski definition) is 2. The van der Waals surface area contributed by atoms with Crippen LogP contribution in [0.4, 0.5) is 5.82 Å². The molecule has 32 heavy (non-hydrogen) atoms. The highest BCUT2D eigenvalue weighted by Gasteiger charge is 2.18. The lowest BCUT2D eigenvalue weighted by Gasteiger charge is -2.13. The van der Waals surface area contributed by atoms with Crippen LogP contribution in [0.15, 0.2) is 42.5 Å². The molecule has 2 aromatic heterocycles. The molecular formula is C25H27BrN4O2. The second-order valence-electron chi connectivity index (χ2n) is 8.06. The molecule has 0 unspecified atom stereocenters. The maximum absolute atomic E-state index is 11.7. The van der Waals surface area contributed by atoms with Gasteiger partial charge in [-0.05, 0) is 36.1 Å². The van der Waals surface area contributed by atoms with E-state index < -0.39 is 0 Å². The maximum Gasteiger partial charge on any atom is 0.152 e. The van der Waals surface area contributed by atoms with Crippen LogP contribution in [0.25, 0.3) is 21.9 Å². The summed E-state index contributed by atoms with van der Waals surface area (Å²) in [6, 6.07) is 13.6. The lowest BCUT2D eigenvalue weighted by Crippen LogP contribution is -2.07. The predicted molar refractivity (Wildman–Crippen MR) is 132 cm³/mol. The number of carbonyl (C=O) groups excluding carboxylic acids is 1. The van der Waals surface area contributed by atoms with Crippen molar-refractivity contribution in [2.24, 2.45) is 0 Å². The molecular weight excluding hydrogens is 468 g/mol. The number of aryl methyl sites for hydroxylation is 2. The molecule has 0 atom stereocenters. The fraction of sp³-hybridized carbons (Fsp3) is 0.320. The molecule has 0 spiro atoms. The number of Topliss-reactive ketones (excluding diaryl/α,β-unsaturated/α-hetero) is 1. The van der Waals surface area contributed by atoms with Gasteiger partial charge in [0.25, 0.3) is 0 Å². The number of fused-ring (bicyclic) bond motifs is 3. The Morgan fingerprint density at radius 3 is 2.75 bits per heavy atom. The Morgan fingerprint density at radius 2 is 1.97 bits per heavy atom. The number of carbonyl (C=O) groups is 1. The van der Waals surface area contributed by atoms with Crippen molar-refractivity contribution >= 4 is 49.5 Å². The van der Waals surface area contributed by atoms with E-state index in [-0.39, 0.29) is 11.5 Å². The molecule has 0 saturated carbocycles. The summed E-state index contributed by atoms with van der Waals surface area (Å²) < 4.78 is 2.23. The largest absolute Gasteiger partial charge is 0.508 e. The van der Waals surface area contributed by atoms with E-state index in [9.17, 15) is 9.90 Å². The number of unbranched alkanes of at least 4 members (excludes halogenated alkanes) is 1. The number of ketones is 1. The quantitative estimate of drug-likeness (QED) is 0.313. The van der Waals surface area contributed by atoms with Crippen molar-refractivity contribution in [3.05, 3.63) is 59.4 Å². The van der Waals surface area contributed by atoms with Crippen molar-refractivity contribution < 1.29 is 9.90 Å². The first-order chi connectivity index (χ1) is 15.5. The van der Waals surface area contributed by atoms with Gasteiger partial charge in [-0.1, -0.05) is 59.6 Å². The number of benzene rings is 2. The van der Waals surface area contributed by atoms with Gasteiger partial charge in [0.05, 0.1) is 16.4 Å². The van der Waals surface area contributed by atoms with Crippen LogP contribution in [-0.4, -0.2) is 30.8 Å². The average molecular weight is 495 g/mol. The van der Waals surface area contributed by atoms with Crippen LogP contribution < -0.4 is 5.73 Å². The highest BCUT2D eigenvalue weighted by atomic mass is 79.9. The molecule has 0 amide bonds. The van der Waals surface area contributed by atoms with Gasteiger partial charge in [-0.3, -0.25) is 4.79 Å². The number of halogens is 1. The van der Waals surface area contributed by atoms with E-state index in [0.717, 1.165) is 58.2 Å². The number of para-hydroxylation sites is 1. The molecule has 0 fully saturated rings. The van der Waals surface area contributed by atoms with Gasteiger partial charge in [0.2, 0.25) is 0 Å². The average Bonchev–Trinajstić information content (AvgIpc) is 3.16. The fourth-order valence-corrected chi connectivity index (χ4v) is 4.34. The van der Waals surface area contributed by atoms with Crippen LogP contribution in [0, 0.1) is 0 Å². The van der Waals surface area contributed by atoms with Crippen LogP contribution in [0.3, 0.4) is 0 Å². The topological polar surface area (TPSA) is 94.0 Å². The molecule has 0 saturated heterocycles. The first-order valence-electron chi connectivity index (χ1n) is 10.9. The van der Waals surface area contributed by atoms with E-state index in [1.807, 2.05) is 30.3 Å². The summed E-state index contributed by atoms with van der Waals surface area (Å²) in [6.07, 6.45) is 3.86. The summed E-state index contributed by atoms with van der Waals surface area (Å²) in [7, 11) is 0. The van der Waals surface area contributed by atoms with Crippen LogP contribution >= 0.6 is 15.9 Å². The molecule has 3 N–H and O–H groups in total. The van der Waals surface area contributed by atoms with Crippen molar-refractivity contribution in [1.29, 1.82) is 0 Å². The summed E-state index contributed by atoms with van der Waals surface area (Å²) in [4.78, 5) is 21.2. The molecule has 0 aliphatic heterocycles. The lowest BCUT2D eigenvalue weighted by molar-refractivity contribution is -0.116. The van der Waals surface area contributed by atoms with Crippen LogP contribution in [0.5, 0.6) is 5.75 Å². The van der Waals surface area contributed by atoms with E-state index in [1.54, 1.807) is 6.07 Å².